The summed E-state index contributed by atoms with van der Waals surface area (Å²) >= 11 is 0. The average molecular weight is 374 g/mol. The summed E-state index contributed by atoms with van der Waals surface area (Å²) in [6.07, 6.45) is 8.27. The van der Waals surface area contributed by atoms with Crippen molar-refractivity contribution in [3.63, 3.8) is 0 Å². The molecule has 0 heterocycles. The van der Waals surface area contributed by atoms with Crippen molar-refractivity contribution in [3.8, 4) is 0 Å². The van der Waals surface area contributed by atoms with Crippen molar-refractivity contribution in [3.05, 3.63) is 25.3 Å². The summed E-state index contributed by atoms with van der Waals surface area (Å²) in [5.41, 5.74) is 0. The molecule has 0 aliphatic carbocycles. The molecule has 7 heteroatoms. The van der Waals surface area contributed by atoms with E-state index in [0.29, 0.717) is 26.1 Å². The predicted molar refractivity (Wildman–Crippen MR) is 97.9 cm³/mol. The van der Waals surface area contributed by atoms with Gasteiger partial charge in [0.05, 0.1) is 24.7 Å². The first-order valence-electron chi connectivity index (χ1n) is 8.70. The lowest BCUT2D eigenvalue weighted by Crippen LogP contribution is -2.11. The van der Waals surface area contributed by atoms with Crippen LogP contribution in [0.25, 0.3) is 0 Å². The minimum Gasteiger partial charge on any atom is -0.463 e. The monoisotopic (exact) mass is 374 g/mol. The molecule has 25 heavy (non-hydrogen) atoms. The van der Waals surface area contributed by atoms with Gasteiger partial charge in [-0.05, 0) is 25.7 Å². The highest BCUT2D eigenvalue weighted by Crippen LogP contribution is 2.07. The molecular formula is C18H30O6S. The summed E-state index contributed by atoms with van der Waals surface area (Å²) in [5, 5.41) is 0. The number of rotatable bonds is 16. The minimum atomic E-state index is -3.00. The molecule has 0 aliphatic rings. The van der Waals surface area contributed by atoms with Crippen LogP contribution >= 0.6 is 0 Å². The topological polar surface area (TPSA) is 86.7 Å². The van der Waals surface area contributed by atoms with E-state index in [1.54, 1.807) is 0 Å². The molecule has 0 saturated carbocycles. The molecule has 0 bridgehead atoms. The fourth-order valence-corrected chi connectivity index (χ4v) is 3.61. The van der Waals surface area contributed by atoms with Crippen LogP contribution in [0.1, 0.15) is 51.4 Å². The molecule has 0 rings (SSSR count). The van der Waals surface area contributed by atoms with Gasteiger partial charge >= 0.3 is 11.9 Å². The number of ether oxygens (including phenoxy) is 2. The third-order valence-corrected chi connectivity index (χ3v) is 5.34. The van der Waals surface area contributed by atoms with Gasteiger partial charge in [-0.15, -0.1) is 0 Å². The van der Waals surface area contributed by atoms with Gasteiger partial charge in [-0.3, -0.25) is 0 Å². The van der Waals surface area contributed by atoms with E-state index in [9.17, 15) is 18.0 Å². The van der Waals surface area contributed by atoms with Gasteiger partial charge in [-0.25, -0.2) is 18.0 Å². The Balaban J connectivity index is 3.52. The van der Waals surface area contributed by atoms with Crippen molar-refractivity contribution in [2.24, 2.45) is 0 Å². The Morgan fingerprint density at radius 1 is 0.680 bits per heavy atom. The molecule has 6 nitrogen and oxygen atoms in total. The molecule has 0 spiro atoms. The molecule has 0 unspecified atom stereocenters. The lowest BCUT2D eigenvalue weighted by atomic mass is 10.2. The van der Waals surface area contributed by atoms with Crippen LogP contribution < -0.4 is 0 Å². The number of hydrogen-bond donors (Lipinski definition) is 0. The summed E-state index contributed by atoms with van der Waals surface area (Å²) in [6, 6.07) is 0. The summed E-state index contributed by atoms with van der Waals surface area (Å²) in [7, 11) is -3.00. The molecule has 0 aromatic carbocycles. The van der Waals surface area contributed by atoms with Crippen molar-refractivity contribution < 1.29 is 27.5 Å². The second kappa shape index (κ2) is 14.7. The van der Waals surface area contributed by atoms with Crippen LogP contribution in [0.3, 0.4) is 0 Å². The van der Waals surface area contributed by atoms with Crippen molar-refractivity contribution >= 4 is 21.8 Å². The Morgan fingerprint density at radius 2 is 1.04 bits per heavy atom. The number of esters is 2. The average Bonchev–Trinajstić information content (AvgIpc) is 2.59. The first-order valence-corrected chi connectivity index (χ1v) is 10.5. The summed E-state index contributed by atoms with van der Waals surface area (Å²) < 4.78 is 33.5. The molecule has 0 aromatic rings. The van der Waals surface area contributed by atoms with Gasteiger partial charge in [0.25, 0.3) is 0 Å². The van der Waals surface area contributed by atoms with E-state index in [2.05, 4.69) is 13.2 Å². The van der Waals surface area contributed by atoms with Crippen molar-refractivity contribution in [1.82, 2.24) is 0 Å². The number of sulfone groups is 1. The highest BCUT2D eigenvalue weighted by atomic mass is 32.2. The summed E-state index contributed by atoms with van der Waals surface area (Å²) in [5.74, 6) is -0.449. The zero-order valence-electron chi connectivity index (χ0n) is 14.9. The van der Waals surface area contributed by atoms with Gasteiger partial charge in [-0.2, -0.15) is 0 Å². The molecule has 0 fully saturated rings. The normalized spacial score (nSPS) is 10.9. The van der Waals surface area contributed by atoms with Crippen molar-refractivity contribution in [2.75, 3.05) is 24.7 Å². The summed E-state index contributed by atoms with van der Waals surface area (Å²) in [6.45, 7) is 7.31. The van der Waals surface area contributed by atoms with E-state index in [1.165, 1.54) is 0 Å². The van der Waals surface area contributed by atoms with Gasteiger partial charge in [0.1, 0.15) is 9.84 Å². The molecule has 0 saturated heterocycles. The van der Waals surface area contributed by atoms with Crippen LogP contribution in [0.15, 0.2) is 25.3 Å². The van der Waals surface area contributed by atoms with Crippen LogP contribution in [0.5, 0.6) is 0 Å². The number of unbranched alkanes of at least 4 members (excludes halogenated alkanes) is 6. The number of carbonyl (C=O) groups excluding carboxylic acids is 2. The zero-order valence-corrected chi connectivity index (χ0v) is 15.7. The molecule has 0 radical (unpaired) electrons. The fraction of sp³-hybridized carbons (Fsp3) is 0.667. The van der Waals surface area contributed by atoms with Gasteiger partial charge in [0.2, 0.25) is 0 Å². The van der Waals surface area contributed by atoms with Gasteiger partial charge in [-0.1, -0.05) is 38.8 Å². The minimum absolute atomic E-state index is 0.205. The predicted octanol–water partition coefficient (Wildman–Crippen LogP) is 2.98. The fourth-order valence-electron chi connectivity index (χ4n) is 2.12. The van der Waals surface area contributed by atoms with Crippen LogP contribution in [0.2, 0.25) is 0 Å². The second-order valence-corrected chi connectivity index (χ2v) is 8.03. The SMILES string of the molecule is C=CC(=O)OCCCCCCS(=O)(=O)CCCCCCOC(=O)C=C. The maximum Gasteiger partial charge on any atom is 0.330 e. The second-order valence-electron chi connectivity index (χ2n) is 5.72. The Morgan fingerprint density at radius 3 is 1.40 bits per heavy atom. The van der Waals surface area contributed by atoms with Crippen LogP contribution in [-0.2, 0) is 28.9 Å². The van der Waals surface area contributed by atoms with Crippen molar-refractivity contribution in [1.29, 1.82) is 0 Å². The standard InChI is InChI=1S/C18H30O6S/c1-3-17(19)23-13-9-5-7-11-15-25(21,22)16-12-8-6-10-14-24-18(20)4-2/h3-4H,1-2,5-16H2. The third kappa shape index (κ3) is 15.6. The van der Waals surface area contributed by atoms with E-state index < -0.39 is 21.8 Å². The Hall–Kier alpha value is -1.63. The first-order chi connectivity index (χ1) is 11.9. The van der Waals surface area contributed by atoms with E-state index in [0.717, 1.165) is 50.7 Å². The number of hydrogen-bond acceptors (Lipinski definition) is 6. The van der Waals surface area contributed by atoms with E-state index in [4.69, 9.17) is 9.47 Å². The maximum absolute atomic E-state index is 11.9. The molecule has 0 aliphatic heterocycles. The summed E-state index contributed by atoms with van der Waals surface area (Å²) in [4.78, 5) is 21.6. The first kappa shape index (κ1) is 23.4. The van der Waals surface area contributed by atoms with Gasteiger partial charge < -0.3 is 9.47 Å². The molecule has 0 aromatic heterocycles. The lowest BCUT2D eigenvalue weighted by Gasteiger charge is -2.05. The van der Waals surface area contributed by atoms with Crippen LogP contribution in [-0.4, -0.2) is 45.1 Å². The van der Waals surface area contributed by atoms with Gasteiger partial charge in [0.15, 0.2) is 0 Å². The zero-order chi connectivity index (χ0) is 19.0. The Labute approximate surface area is 151 Å². The van der Waals surface area contributed by atoms with Gasteiger partial charge in [0, 0.05) is 12.2 Å². The highest BCUT2D eigenvalue weighted by molar-refractivity contribution is 7.91. The Kier molecular flexibility index (Phi) is 13.7. The third-order valence-electron chi connectivity index (χ3n) is 3.52. The van der Waals surface area contributed by atoms with E-state index in [1.807, 2.05) is 0 Å². The van der Waals surface area contributed by atoms with Crippen molar-refractivity contribution in [2.45, 2.75) is 51.4 Å². The lowest BCUT2D eigenvalue weighted by molar-refractivity contribution is -0.138. The smallest absolute Gasteiger partial charge is 0.330 e. The van der Waals surface area contributed by atoms with Crippen LogP contribution in [0.4, 0.5) is 0 Å². The van der Waals surface area contributed by atoms with Crippen LogP contribution in [0, 0.1) is 0 Å². The molecular weight excluding hydrogens is 344 g/mol. The largest absolute Gasteiger partial charge is 0.463 e. The highest BCUT2D eigenvalue weighted by Gasteiger charge is 2.10. The maximum atomic E-state index is 11.9. The molecule has 0 amide bonds. The van der Waals surface area contributed by atoms with E-state index in [-0.39, 0.29) is 11.5 Å². The quantitative estimate of drug-likeness (QED) is 0.234. The number of carbonyl (C=O) groups is 2. The van der Waals surface area contributed by atoms with E-state index >= 15 is 0 Å². The Bertz CT molecular complexity index is 470. The molecule has 0 N–H and O–H groups in total. The molecule has 144 valence electrons. The molecule has 0 atom stereocenters.